The molecular weight excluding hydrogens is 434 g/mol. The summed E-state index contributed by atoms with van der Waals surface area (Å²) in [6, 6.07) is 3.68. The fraction of sp³-hybridized carbons (Fsp3) is 0.737. The van der Waals surface area contributed by atoms with Crippen LogP contribution >= 0.6 is 15.9 Å². The van der Waals surface area contributed by atoms with Gasteiger partial charge in [0.15, 0.2) is 0 Å². The maximum atomic E-state index is 8.63. The first-order chi connectivity index (χ1) is 13.8. The van der Waals surface area contributed by atoms with Crippen LogP contribution in [0.5, 0.6) is 5.88 Å². The molecule has 1 aromatic rings. The molecule has 0 amide bonds. The maximum absolute atomic E-state index is 8.63. The van der Waals surface area contributed by atoms with E-state index in [4.69, 9.17) is 33.5 Å². The number of ether oxygens (including phenoxy) is 6. The first-order valence-corrected chi connectivity index (χ1v) is 10.4. The van der Waals surface area contributed by atoms with Gasteiger partial charge in [-0.25, -0.2) is 4.98 Å². The SMILES string of the molecule is OCCCCOCCOCCOCCOCCOCCOc1ccc(Br)cn1. The Morgan fingerprint density at radius 2 is 1.18 bits per heavy atom. The quantitative estimate of drug-likeness (QED) is 0.293. The second kappa shape index (κ2) is 19.5. The van der Waals surface area contributed by atoms with Crippen molar-refractivity contribution in [1.29, 1.82) is 0 Å². The molecule has 8 nitrogen and oxygen atoms in total. The molecule has 0 aromatic carbocycles. The number of hydrogen-bond acceptors (Lipinski definition) is 8. The average Bonchev–Trinajstić information content (AvgIpc) is 2.71. The molecule has 0 atom stereocenters. The number of halogens is 1. The van der Waals surface area contributed by atoms with Gasteiger partial charge in [0.25, 0.3) is 0 Å². The smallest absolute Gasteiger partial charge is 0.213 e. The van der Waals surface area contributed by atoms with E-state index in [0.717, 1.165) is 17.3 Å². The van der Waals surface area contributed by atoms with E-state index in [9.17, 15) is 0 Å². The summed E-state index contributed by atoms with van der Waals surface area (Å²) in [7, 11) is 0. The zero-order valence-electron chi connectivity index (χ0n) is 16.4. The molecule has 0 aliphatic rings. The lowest BCUT2D eigenvalue weighted by Gasteiger charge is -2.08. The van der Waals surface area contributed by atoms with Crippen molar-refractivity contribution in [2.75, 3.05) is 79.3 Å². The lowest BCUT2D eigenvalue weighted by molar-refractivity contribution is -0.0130. The standard InChI is InChI=1S/C19H32BrNO7/c20-18-3-4-19(21-17-18)28-16-15-27-14-13-26-12-11-25-10-9-24-8-7-23-6-2-1-5-22/h3-4,17,22H,1-2,5-16H2. The van der Waals surface area contributed by atoms with Gasteiger partial charge < -0.3 is 33.5 Å². The number of aliphatic hydroxyl groups excluding tert-OH is 1. The largest absolute Gasteiger partial charge is 0.475 e. The summed E-state index contributed by atoms with van der Waals surface area (Å²) >= 11 is 3.32. The third-order valence-corrected chi connectivity index (χ3v) is 3.83. The first kappa shape index (κ1) is 25.2. The molecule has 0 fully saturated rings. The van der Waals surface area contributed by atoms with E-state index in [-0.39, 0.29) is 6.61 Å². The van der Waals surface area contributed by atoms with Crippen molar-refractivity contribution < 1.29 is 33.5 Å². The molecule has 0 radical (unpaired) electrons. The summed E-state index contributed by atoms with van der Waals surface area (Å²) in [5.41, 5.74) is 0. The summed E-state index contributed by atoms with van der Waals surface area (Å²) < 4.78 is 33.3. The Hall–Kier alpha value is -0.810. The Kier molecular flexibility index (Phi) is 17.6. The van der Waals surface area contributed by atoms with Gasteiger partial charge in [-0.1, -0.05) is 0 Å². The normalized spacial score (nSPS) is 11.1. The van der Waals surface area contributed by atoms with Gasteiger partial charge in [-0.15, -0.1) is 0 Å². The van der Waals surface area contributed by atoms with Crippen molar-refractivity contribution in [3.63, 3.8) is 0 Å². The molecule has 0 aliphatic carbocycles. The van der Waals surface area contributed by atoms with E-state index in [2.05, 4.69) is 20.9 Å². The molecule has 1 N–H and O–H groups in total. The molecule has 1 aromatic heterocycles. The number of aromatic nitrogens is 1. The zero-order chi connectivity index (χ0) is 20.1. The topological polar surface area (TPSA) is 88.5 Å². The van der Waals surface area contributed by atoms with Crippen LogP contribution in [-0.4, -0.2) is 89.4 Å². The summed E-state index contributed by atoms with van der Waals surface area (Å²) in [4.78, 5) is 4.11. The van der Waals surface area contributed by atoms with Crippen molar-refractivity contribution in [3.05, 3.63) is 22.8 Å². The highest BCUT2D eigenvalue weighted by Gasteiger charge is 1.96. The predicted octanol–water partition coefficient (Wildman–Crippen LogP) is 2.08. The second-order valence-electron chi connectivity index (χ2n) is 5.66. The second-order valence-corrected chi connectivity index (χ2v) is 6.57. The van der Waals surface area contributed by atoms with Gasteiger partial charge in [-0.3, -0.25) is 0 Å². The maximum Gasteiger partial charge on any atom is 0.213 e. The average molecular weight is 466 g/mol. The molecule has 0 bridgehead atoms. The fourth-order valence-electron chi connectivity index (χ4n) is 1.95. The molecule has 1 rings (SSSR count). The predicted molar refractivity (Wildman–Crippen MR) is 108 cm³/mol. The highest BCUT2D eigenvalue weighted by molar-refractivity contribution is 9.10. The molecule has 0 aliphatic heterocycles. The zero-order valence-corrected chi connectivity index (χ0v) is 17.9. The van der Waals surface area contributed by atoms with Crippen LogP contribution in [0.1, 0.15) is 12.8 Å². The van der Waals surface area contributed by atoms with Crippen LogP contribution in [0.15, 0.2) is 22.8 Å². The molecule has 1 heterocycles. The van der Waals surface area contributed by atoms with E-state index in [0.29, 0.717) is 78.6 Å². The Morgan fingerprint density at radius 1 is 0.679 bits per heavy atom. The number of rotatable bonds is 20. The van der Waals surface area contributed by atoms with Crippen molar-refractivity contribution in [1.82, 2.24) is 4.98 Å². The number of hydrogen-bond donors (Lipinski definition) is 1. The van der Waals surface area contributed by atoms with Crippen LogP contribution in [-0.2, 0) is 23.7 Å². The molecule has 162 valence electrons. The minimum atomic E-state index is 0.216. The Balaban J connectivity index is 1.70. The van der Waals surface area contributed by atoms with Crippen LogP contribution in [0.25, 0.3) is 0 Å². The number of unbranched alkanes of at least 4 members (excludes halogenated alkanes) is 1. The molecule has 28 heavy (non-hydrogen) atoms. The van der Waals surface area contributed by atoms with E-state index >= 15 is 0 Å². The van der Waals surface area contributed by atoms with Gasteiger partial charge >= 0.3 is 0 Å². The van der Waals surface area contributed by atoms with Crippen LogP contribution in [0.4, 0.5) is 0 Å². The Labute approximate surface area is 175 Å². The third-order valence-electron chi connectivity index (χ3n) is 3.36. The first-order valence-electron chi connectivity index (χ1n) is 9.57. The lowest BCUT2D eigenvalue weighted by atomic mass is 10.3. The third kappa shape index (κ3) is 16.2. The number of pyridine rings is 1. The molecular formula is C19H32BrNO7. The van der Waals surface area contributed by atoms with Crippen LogP contribution in [0, 0.1) is 0 Å². The van der Waals surface area contributed by atoms with Crippen molar-refractivity contribution in [3.8, 4) is 5.88 Å². The summed E-state index contributed by atoms with van der Waals surface area (Å²) in [6.07, 6.45) is 3.35. The van der Waals surface area contributed by atoms with E-state index in [1.165, 1.54) is 0 Å². The molecule has 0 spiro atoms. The van der Waals surface area contributed by atoms with E-state index in [1.54, 1.807) is 12.3 Å². The lowest BCUT2D eigenvalue weighted by Crippen LogP contribution is -2.14. The Bertz CT molecular complexity index is 450. The van der Waals surface area contributed by atoms with Gasteiger partial charge in [0, 0.05) is 29.9 Å². The summed E-state index contributed by atoms with van der Waals surface area (Å²) in [5, 5.41) is 8.63. The van der Waals surface area contributed by atoms with E-state index in [1.807, 2.05) is 6.07 Å². The van der Waals surface area contributed by atoms with Crippen LogP contribution in [0.2, 0.25) is 0 Å². The molecule has 0 saturated carbocycles. The molecule has 0 unspecified atom stereocenters. The van der Waals surface area contributed by atoms with Gasteiger partial charge in [0.2, 0.25) is 5.88 Å². The van der Waals surface area contributed by atoms with Crippen molar-refractivity contribution >= 4 is 15.9 Å². The van der Waals surface area contributed by atoms with Gasteiger partial charge in [0.1, 0.15) is 6.61 Å². The van der Waals surface area contributed by atoms with Crippen LogP contribution in [0.3, 0.4) is 0 Å². The monoisotopic (exact) mass is 465 g/mol. The number of nitrogens with zero attached hydrogens (tertiary/aromatic N) is 1. The minimum Gasteiger partial charge on any atom is -0.475 e. The molecule has 0 saturated heterocycles. The number of aliphatic hydroxyl groups is 1. The molecule has 9 heteroatoms. The van der Waals surface area contributed by atoms with E-state index < -0.39 is 0 Å². The highest BCUT2D eigenvalue weighted by atomic mass is 79.9. The fourth-order valence-corrected chi connectivity index (χ4v) is 2.18. The Morgan fingerprint density at radius 3 is 1.64 bits per heavy atom. The van der Waals surface area contributed by atoms with Gasteiger partial charge in [-0.2, -0.15) is 0 Å². The van der Waals surface area contributed by atoms with Gasteiger partial charge in [0.05, 0.1) is 59.5 Å². The summed E-state index contributed by atoms with van der Waals surface area (Å²) in [5.74, 6) is 0.578. The highest BCUT2D eigenvalue weighted by Crippen LogP contribution is 2.11. The summed E-state index contributed by atoms with van der Waals surface area (Å²) in [6.45, 7) is 6.09. The van der Waals surface area contributed by atoms with Crippen molar-refractivity contribution in [2.24, 2.45) is 0 Å². The minimum absolute atomic E-state index is 0.216. The van der Waals surface area contributed by atoms with Crippen LogP contribution < -0.4 is 4.74 Å². The van der Waals surface area contributed by atoms with Gasteiger partial charge in [-0.05, 0) is 34.8 Å². The van der Waals surface area contributed by atoms with Crippen molar-refractivity contribution in [2.45, 2.75) is 12.8 Å².